The van der Waals surface area contributed by atoms with Crippen molar-refractivity contribution in [2.75, 3.05) is 0 Å². The van der Waals surface area contributed by atoms with Crippen LogP contribution in [0.5, 0.6) is 0 Å². The number of benzene rings is 2. The Balaban J connectivity index is 1.73. The molecule has 2 spiro atoms. The summed E-state index contributed by atoms with van der Waals surface area (Å²) in [4.78, 5) is 39.8. The van der Waals surface area contributed by atoms with Gasteiger partial charge in [0.25, 0.3) is 0 Å². The predicted molar refractivity (Wildman–Crippen MR) is 89.2 cm³/mol. The van der Waals surface area contributed by atoms with Gasteiger partial charge in [0, 0.05) is 12.0 Å². The van der Waals surface area contributed by atoms with Crippen LogP contribution in [0.25, 0.3) is 0 Å². The Morgan fingerprint density at radius 1 is 0.960 bits per heavy atom. The Labute approximate surface area is 144 Å². The second-order valence-electron chi connectivity index (χ2n) is 7.28. The van der Waals surface area contributed by atoms with E-state index in [4.69, 9.17) is 0 Å². The van der Waals surface area contributed by atoms with Gasteiger partial charge in [-0.25, -0.2) is 0 Å². The zero-order valence-electron chi connectivity index (χ0n) is 13.5. The molecule has 0 saturated heterocycles. The Morgan fingerprint density at radius 3 is 2.48 bits per heavy atom. The molecule has 4 nitrogen and oxygen atoms in total. The first-order valence-electron chi connectivity index (χ1n) is 8.52. The van der Waals surface area contributed by atoms with Crippen LogP contribution < -0.4 is 0 Å². The first-order chi connectivity index (χ1) is 12.0. The Bertz CT molecular complexity index is 975. The fraction of sp³-hybridized carbons (Fsp3) is 0.286. The normalized spacial score (nSPS) is 32.7. The average molecular weight is 332 g/mol. The Hall–Kier alpha value is -2.59. The molecule has 1 fully saturated rings. The van der Waals surface area contributed by atoms with Gasteiger partial charge in [-0.2, -0.15) is 0 Å². The summed E-state index contributed by atoms with van der Waals surface area (Å²) >= 11 is 0. The molecule has 5 rings (SSSR count). The molecule has 0 aliphatic heterocycles. The maximum Gasteiger partial charge on any atom is 0.180 e. The van der Waals surface area contributed by atoms with Crippen molar-refractivity contribution in [1.82, 2.24) is 0 Å². The molecule has 0 aromatic heterocycles. The van der Waals surface area contributed by atoms with E-state index in [0.29, 0.717) is 24.0 Å². The van der Waals surface area contributed by atoms with Crippen LogP contribution in [0.15, 0.2) is 48.5 Å². The zero-order valence-corrected chi connectivity index (χ0v) is 13.5. The number of aliphatic hydroxyl groups is 1. The third-order valence-corrected chi connectivity index (χ3v) is 6.33. The van der Waals surface area contributed by atoms with Crippen molar-refractivity contribution in [3.05, 3.63) is 70.8 Å². The summed E-state index contributed by atoms with van der Waals surface area (Å²) in [6, 6.07) is 14.2. The molecular weight excluding hydrogens is 316 g/mol. The molecule has 3 atom stereocenters. The van der Waals surface area contributed by atoms with Crippen LogP contribution in [0.1, 0.15) is 46.0 Å². The monoisotopic (exact) mass is 332 g/mol. The lowest BCUT2D eigenvalue weighted by Gasteiger charge is -2.27. The van der Waals surface area contributed by atoms with Crippen LogP contribution >= 0.6 is 0 Å². The number of hydrogen-bond donors (Lipinski definition) is 1. The van der Waals surface area contributed by atoms with E-state index in [-0.39, 0.29) is 12.2 Å². The SMILES string of the molecule is O=C1C[C@@]2(C(=O)c3ccccc3[C@@H]2O)C(=O)[C@@]12CCc1ccccc12. The van der Waals surface area contributed by atoms with E-state index in [0.717, 1.165) is 11.1 Å². The molecule has 2 aromatic carbocycles. The summed E-state index contributed by atoms with van der Waals surface area (Å²) in [5.74, 6) is -1.05. The average Bonchev–Trinajstić information content (AvgIpc) is 3.21. The maximum absolute atomic E-state index is 13.6. The number of Topliss-reactive ketones (excluding diaryl/α,β-unsaturated/α-hetero) is 3. The lowest BCUT2D eigenvalue weighted by atomic mass is 9.71. The number of carbonyl (C=O) groups is 3. The number of fused-ring (bicyclic) bond motifs is 3. The molecule has 1 N–H and O–H groups in total. The van der Waals surface area contributed by atoms with Gasteiger partial charge in [-0.15, -0.1) is 0 Å². The van der Waals surface area contributed by atoms with Gasteiger partial charge in [0.2, 0.25) is 0 Å². The molecule has 1 saturated carbocycles. The minimum Gasteiger partial charge on any atom is -0.387 e. The molecule has 0 bridgehead atoms. The maximum atomic E-state index is 13.6. The van der Waals surface area contributed by atoms with Gasteiger partial charge in [0.1, 0.15) is 16.9 Å². The van der Waals surface area contributed by atoms with E-state index in [1.807, 2.05) is 24.3 Å². The highest BCUT2D eigenvalue weighted by Crippen LogP contribution is 2.60. The van der Waals surface area contributed by atoms with E-state index in [2.05, 4.69) is 0 Å². The summed E-state index contributed by atoms with van der Waals surface area (Å²) in [5.41, 5.74) is -0.402. The predicted octanol–water partition coefficient (Wildman–Crippen LogP) is 2.33. The zero-order chi connectivity index (χ0) is 17.4. The molecular formula is C21H16O4. The number of rotatable bonds is 0. The fourth-order valence-corrected chi connectivity index (χ4v) is 5.11. The van der Waals surface area contributed by atoms with Crippen molar-refractivity contribution in [1.29, 1.82) is 0 Å². The van der Waals surface area contributed by atoms with E-state index >= 15 is 0 Å². The van der Waals surface area contributed by atoms with Crippen LogP contribution in [0.2, 0.25) is 0 Å². The van der Waals surface area contributed by atoms with Crippen molar-refractivity contribution in [3.8, 4) is 0 Å². The quantitative estimate of drug-likeness (QED) is 0.752. The van der Waals surface area contributed by atoms with E-state index in [9.17, 15) is 19.5 Å². The van der Waals surface area contributed by atoms with Crippen molar-refractivity contribution in [3.63, 3.8) is 0 Å². The van der Waals surface area contributed by atoms with Gasteiger partial charge >= 0.3 is 0 Å². The minimum absolute atomic E-state index is 0.213. The third-order valence-electron chi connectivity index (χ3n) is 6.33. The summed E-state index contributed by atoms with van der Waals surface area (Å²) in [7, 11) is 0. The van der Waals surface area contributed by atoms with Crippen molar-refractivity contribution in [2.24, 2.45) is 5.41 Å². The highest BCUT2D eigenvalue weighted by molar-refractivity contribution is 6.32. The van der Waals surface area contributed by atoms with Crippen LogP contribution in [0.3, 0.4) is 0 Å². The fourth-order valence-electron chi connectivity index (χ4n) is 5.11. The lowest BCUT2D eigenvalue weighted by molar-refractivity contribution is -0.134. The molecule has 3 aliphatic carbocycles. The topological polar surface area (TPSA) is 71.4 Å². The van der Waals surface area contributed by atoms with Crippen LogP contribution in [-0.2, 0) is 21.4 Å². The minimum atomic E-state index is -1.65. The summed E-state index contributed by atoms with van der Waals surface area (Å²) in [6.45, 7) is 0. The lowest BCUT2D eigenvalue weighted by Crippen LogP contribution is -2.44. The van der Waals surface area contributed by atoms with E-state index < -0.39 is 28.5 Å². The van der Waals surface area contributed by atoms with Crippen LogP contribution in [0.4, 0.5) is 0 Å². The Morgan fingerprint density at radius 2 is 1.68 bits per heavy atom. The van der Waals surface area contributed by atoms with Crippen molar-refractivity contribution >= 4 is 17.3 Å². The highest BCUT2D eigenvalue weighted by Gasteiger charge is 2.71. The third kappa shape index (κ3) is 1.46. The second kappa shape index (κ2) is 4.52. The van der Waals surface area contributed by atoms with Gasteiger partial charge in [-0.05, 0) is 29.5 Å². The molecule has 0 amide bonds. The number of aryl methyl sites for hydroxylation is 1. The Kier molecular flexibility index (Phi) is 2.66. The molecule has 0 unspecified atom stereocenters. The van der Waals surface area contributed by atoms with E-state index in [1.54, 1.807) is 24.3 Å². The van der Waals surface area contributed by atoms with Crippen molar-refractivity contribution in [2.45, 2.75) is 30.8 Å². The number of carbonyl (C=O) groups excluding carboxylic acids is 3. The van der Waals surface area contributed by atoms with Gasteiger partial charge in [0.15, 0.2) is 17.3 Å². The molecule has 0 heterocycles. The number of aliphatic hydroxyl groups excluding tert-OH is 1. The summed E-state index contributed by atoms with van der Waals surface area (Å²) in [5, 5.41) is 10.9. The van der Waals surface area contributed by atoms with Gasteiger partial charge in [-0.3, -0.25) is 14.4 Å². The largest absolute Gasteiger partial charge is 0.387 e. The first kappa shape index (κ1) is 14.7. The highest BCUT2D eigenvalue weighted by atomic mass is 16.3. The van der Waals surface area contributed by atoms with Crippen LogP contribution in [0, 0.1) is 5.41 Å². The second-order valence-corrected chi connectivity index (χ2v) is 7.28. The van der Waals surface area contributed by atoms with Gasteiger partial charge in [0.05, 0.1) is 0 Å². The van der Waals surface area contributed by atoms with E-state index in [1.165, 1.54) is 0 Å². The number of hydrogen-bond acceptors (Lipinski definition) is 4. The van der Waals surface area contributed by atoms with Crippen LogP contribution in [-0.4, -0.2) is 22.5 Å². The van der Waals surface area contributed by atoms with Crippen molar-refractivity contribution < 1.29 is 19.5 Å². The smallest absolute Gasteiger partial charge is 0.180 e. The molecule has 3 aliphatic rings. The molecule has 0 radical (unpaired) electrons. The summed E-state index contributed by atoms with van der Waals surface area (Å²) < 4.78 is 0. The standard InChI is InChI=1S/C21H16O4/c22-16-11-21(17(23)13-6-2-3-7-14(13)18(21)24)19(25)20(16)10-9-12-5-1-4-8-15(12)20/h1-8,17,23H,9-11H2/t17-,20+,21+/m0/s1. The molecule has 4 heteroatoms. The molecule has 124 valence electrons. The van der Waals surface area contributed by atoms with Gasteiger partial charge in [-0.1, -0.05) is 48.5 Å². The molecule has 2 aromatic rings. The number of ketones is 3. The summed E-state index contributed by atoms with van der Waals surface area (Å²) in [6.07, 6.45) is -0.433. The molecule has 25 heavy (non-hydrogen) atoms. The first-order valence-corrected chi connectivity index (χ1v) is 8.52. The van der Waals surface area contributed by atoms with Gasteiger partial charge < -0.3 is 5.11 Å².